The molecule has 2 N–H and O–H groups in total. The Labute approximate surface area is 144 Å². The van der Waals surface area contributed by atoms with Crippen LogP contribution in [0.25, 0.3) is 5.69 Å². The third kappa shape index (κ3) is 3.51. The van der Waals surface area contributed by atoms with E-state index in [2.05, 4.69) is 10.3 Å². The summed E-state index contributed by atoms with van der Waals surface area (Å²) < 4.78 is 54.3. The molecule has 1 amide bonds. The molecule has 26 heavy (non-hydrogen) atoms. The number of anilines is 1. The lowest BCUT2D eigenvalue weighted by Crippen LogP contribution is -2.15. The van der Waals surface area contributed by atoms with Crippen molar-refractivity contribution in [2.75, 3.05) is 5.32 Å². The first-order chi connectivity index (χ1) is 12.3. The number of hydrogen-bond donors (Lipinski definition) is 2. The number of aromatic hydroxyl groups is 1. The Bertz CT molecular complexity index is 953. The maximum absolute atomic E-state index is 13.4. The summed E-state index contributed by atoms with van der Waals surface area (Å²) >= 11 is 0. The van der Waals surface area contributed by atoms with E-state index in [-0.39, 0.29) is 16.9 Å². The van der Waals surface area contributed by atoms with Gasteiger partial charge in [-0.1, -0.05) is 0 Å². The van der Waals surface area contributed by atoms with E-state index in [0.29, 0.717) is 0 Å². The zero-order valence-corrected chi connectivity index (χ0v) is 13.0. The fraction of sp³-hybridized carbons (Fsp3) is 0.0588. The molecular weight excluding hydrogens is 354 g/mol. The van der Waals surface area contributed by atoms with Gasteiger partial charge in [-0.3, -0.25) is 4.79 Å². The maximum Gasteiger partial charge on any atom is 0.418 e. The Hall–Kier alpha value is -3.36. The van der Waals surface area contributed by atoms with Crippen molar-refractivity contribution in [1.29, 1.82) is 0 Å². The van der Waals surface area contributed by atoms with Gasteiger partial charge in [-0.25, -0.2) is 9.37 Å². The van der Waals surface area contributed by atoms with Gasteiger partial charge in [-0.05, 0) is 36.4 Å². The van der Waals surface area contributed by atoms with Crippen molar-refractivity contribution in [2.24, 2.45) is 0 Å². The number of alkyl halides is 3. The number of amides is 1. The second-order valence-electron chi connectivity index (χ2n) is 5.32. The van der Waals surface area contributed by atoms with Crippen molar-refractivity contribution in [3.05, 3.63) is 72.1 Å². The van der Waals surface area contributed by atoms with Crippen LogP contribution in [0, 0.1) is 5.82 Å². The Morgan fingerprint density at radius 3 is 2.54 bits per heavy atom. The number of imidazole rings is 1. The molecule has 9 heteroatoms. The van der Waals surface area contributed by atoms with E-state index in [1.807, 2.05) is 0 Å². The van der Waals surface area contributed by atoms with Crippen LogP contribution in [0.2, 0.25) is 0 Å². The highest BCUT2D eigenvalue weighted by molar-refractivity contribution is 6.04. The van der Waals surface area contributed by atoms with Gasteiger partial charge in [0.15, 0.2) is 11.6 Å². The largest absolute Gasteiger partial charge is 0.505 e. The molecule has 0 saturated heterocycles. The monoisotopic (exact) mass is 365 g/mol. The SMILES string of the molecule is O=C(Nc1ccc(-n2ccnc2)c(C(F)(F)F)c1)c1ccc(F)c(O)c1. The van der Waals surface area contributed by atoms with Gasteiger partial charge in [0.25, 0.3) is 5.91 Å². The number of phenolic OH excluding ortho intramolecular Hbond substituents is 1. The van der Waals surface area contributed by atoms with Crippen LogP contribution in [0.5, 0.6) is 5.75 Å². The number of aromatic nitrogens is 2. The number of benzene rings is 2. The number of phenols is 1. The first-order valence-corrected chi connectivity index (χ1v) is 7.25. The van der Waals surface area contributed by atoms with Crippen molar-refractivity contribution in [3.63, 3.8) is 0 Å². The molecule has 1 aromatic heterocycles. The molecule has 134 valence electrons. The summed E-state index contributed by atoms with van der Waals surface area (Å²) in [6, 6.07) is 6.16. The number of rotatable bonds is 3. The van der Waals surface area contributed by atoms with Crippen molar-refractivity contribution < 1.29 is 27.5 Å². The third-order valence-electron chi connectivity index (χ3n) is 3.55. The van der Waals surface area contributed by atoms with Gasteiger partial charge < -0.3 is 15.0 Å². The van der Waals surface area contributed by atoms with Crippen LogP contribution >= 0.6 is 0 Å². The average Bonchev–Trinajstić information content (AvgIpc) is 3.11. The molecule has 2 aromatic carbocycles. The van der Waals surface area contributed by atoms with E-state index in [1.165, 1.54) is 35.4 Å². The van der Waals surface area contributed by atoms with Crippen LogP contribution in [0.3, 0.4) is 0 Å². The fourth-order valence-electron chi connectivity index (χ4n) is 2.32. The molecule has 0 aliphatic heterocycles. The molecule has 0 aliphatic rings. The molecular formula is C17H11F4N3O2. The predicted molar refractivity (Wildman–Crippen MR) is 84.6 cm³/mol. The van der Waals surface area contributed by atoms with Gasteiger partial charge in [0, 0.05) is 23.6 Å². The number of carbonyl (C=O) groups is 1. The van der Waals surface area contributed by atoms with E-state index in [9.17, 15) is 27.5 Å². The minimum atomic E-state index is -4.66. The molecule has 3 aromatic rings. The van der Waals surface area contributed by atoms with Crippen LogP contribution < -0.4 is 5.32 Å². The minimum absolute atomic E-state index is 0.101. The van der Waals surface area contributed by atoms with E-state index in [4.69, 9.17) is 0 Å². The summed E-state index contributed by atoms with van der Waals surface area (Å²) in [4.78, 5) is 15.8. The molecule has 0 radical (unpaired) electrons. The van der Waals surface area contributed by atoms with Crippen molar-refractivity contribution in [2.45, 2.75) is 6.18 Å². The normalized spacial score (nSPS) is 11.4. The number of nitrogens with one attached hydrogen (secondary N) is 1. The lowest BCUT2D eigenvalue weighted by molar-refractivity contribution is -0.137. The number of carbonyl (C=O) groups excluding carboxylic acids is 1. The lowest BCUT2D eigenvalue weighted by atomic mass is 10.1. The molecule has 5 nitrogen and oxygen atoms in total. The highest BCUT2D eigenvalue weighted by atomic mass is 19.4. The lowest BCUT2D eigenvalue weighted by Gasteiger charge is -2.15. The van der Waals surface area contributed by atoms with Gasteiger partial charge in [-0.2, -0.15) is 13.2 Å². The molecule has 0 unspecified atom stereocenters. The molecule has 0 fully saturated rings. The maximum atomic E-state index is 13.4. The van der Waals surface area contributed by atoms with Crippen LogP contribution in [0.1, 0.15) is 15.9 Å². The summed E-state index contributed by atoms with van der Waals surface area (Å²) in [7, 11) is 0. The molecule has 0 saturated carbocycles. The molecule has 3 rings (SSSR count). The molecule has 0 aliphatic carbocycles. The first kappa shape index (κ1) is 17.5. The summed E-state index contributed by atoms with van der Waals surface area (Å²) in [5.41, 5.74) is -1.31. The summed E-state index contributed by atoms with van der Waals surface area (Å²) in [6.07, 6.45) is -0.723. The van der Waals surface area contributed by atoms with E-state index in [1.54, 1.807) is 0 Å². The third-order valence-corrected chi connectivity index (χ3v) is 3.55. The number of hydrogen-bond acceptors (Lipinski definition) is 3. The molecule has 0 atom stereocenters. The van der Waals surface area contributed by atoms with E-state index in [0.717, 1.165) is 24.3 Å². The zero-order chi connectivity index (χ0) is 18.9. The first-order valence-electron chi connectivity index (χ1n) is 7.25. The average molecular weight is 365 g/mol. The second-order valence-corrected chi connectivity index (χ2v) is 5.32. The van der Waals surface area contributed by atoms with Crippen LogP contribution in [-0.2, 0) is 6.18 Å². The van der Waals surface area contributed by atoms with Gasteiger partial charge in [-0.15, -0.1) is 0 Å². The van der Waals surface area contributed by atoms with E-state index < -0.39 is 29.2 Å². The van der Waals surface area contributed by atoms with Crippen LogP contribution in [-0.4, -0.2) is 20.6 Å². The van der Waals surface area contributed by atoms with Gasteiger partial charge in [0.2, 0.25) is 0 Å². The van der Waals surface area contributed by atoms with Crippen LogP contribution in [0.15, 0.2) is 55.1 Å². The van der Waals surface area contributed by atoms with Crippen LogP contribution in [0.4, 0.5) is 23.2 Å². The van der Waals surface area contributed by atoms with Crippen molar-refractivity contribution in [3.8, 4) is 11.4 Å². The number of nitrogens with zero attached hydrogens (tertiary/aromatic N) is 2. The summed E-state index contributed by atoms with van der Waals surface area (Å²) in [5, 5.41) is 11.6. The Morgan fingerprint density at radius 1 is 1.15 bits per heavy atom. The van der Waals surface area contributed by atoms with Gasteiger partial charge >= 0.3 is 6.18 Å². The molecule has 0 bridgehead atoms. The minimum Gasteiger partial charge on any atom is -0.505 e. The highest BCUT2D eigenvalue weighted by Gasteiger charge is 2.34. The zero-order valence-electron chi connectivity index (χ0n) is 13.0. The highest BCUT2D eigenvalue weighted by Crippen LogP contribution is 2.35. The Balaban J connectivity index is 1.93. The summed E-state index contributed by atoms with van der Waals surface area (Å²) in [5.74, 6) is -2.43. The molecule has 0 spiro atoms. The van der Waals surface area contributed by atoms with Gasteiger partial charge in [0.1, 0.15) is 0 Å². The topological polar surface area (TPSA) is 67.2 Å². The van der Waals surface area contributed by atoms with E-state index >= 15 is 0 Å². The Kier molecular flexibility index (Phi) is 4.37. The smallest absolute Gasteiger partial charge is 0.418 e. The standard InChI is InChI=1S/C17H11F4N3O2/c18-13-3-1-10(7-15(13)25)16(26)23-11-2-4-14(24-6-5-22-9-24)12(8-11)17(19,20)21/h1-9,25H,(H,23,26). The second kappa shape index (κ2) is 6.51. The predicted octanol–water partition coefficient (Wildman–Crippen LogP) is 3.99. The number of halogens is 4. The molecule has 1 heterocycles. The fourth-order valence-corrected chi connectivity index (χ4v) is 2.32. The van der Waals surface area contributed by atoms with Gasteiger partial charge in [0.05, 0.1) is 17.6 Å². The van der Waals surface area contributed by atoms with Crippen molar-refractivity contribution >= 4 is 11.6 Å². The summed E-state index contributed by atoms with van der Waals surface area (Å²) in [6.45, 7) is 0. The van der Waals surface area contributed by atoms with Crippen molar-refractivity contribution in [1.82, 2.24) is 9.55 Å². The Morgan fingerprint density at radius 2 is 1.92 bits per heavy atom. The quantitative estimate of drug-likeness (QED) is 0.690.